The number of hydrogen-bond acceptors (Lipinski definition) is 4. The van der Waals surface area contributed by atoms with Crippen molar-refractivity contribution < 1.29 is 28.8 Å². The maximum Gasteiger partial charge on any atom is 0.514 e. The fraction of sp³-hybridized carbons (Fsp3) is 0.444. The topological polar surface area (TPSA) is 116 Å². The first kappa shape index (κ1) is 20.4. The quantitative estimate of drug-likeness (QED) is 0.643. The normalized spacial score (nSPS) is 15.7. The summed E-state index contributed by atoms with van der Waals surface area (Å²) < 4.78 is -0.429. The molecule has 0 atom stereocenters. The molecule has 1 aromatic carbocycles. The number of nitrogens with one attached hydrogen (secondary N) is 2. The smallest absolute Gasteiger partial charge is 0.435 e. The number of benzene rings is 1. The number of anilines is 1. The maximum atomic E-state index is 12.4. The average Bonchev–Trinajstić information content (AvgIpc) is 2.62. The van der Waals surface area contributed by atoms with Crippen LogP contribution in [0.15, 0.2) is 24.3 Å². The first-order valence-corrected chi connectivity index (χ1v) is 8.70. The van der Waals surface area contributed by atoms with Crippen LogP contribution in [0.5, 0.6) is 0 Å². The number of amides is 4. The molecule has 2 rings (SSSR count). The molecule has 1 heterocycles. The van der Waals surface area contributed by atoms with E-state index in [0.717, 1.165) is 5.56 Å². The van der Waals surface area contributed by atoms with E-state index in [-0.39, 0.29) is 57.0 Å². The van der Waals surface area contributed by atoms with Crippen LogP contribution in [-0.4, -0.2) is 77.6 Å². The molecule has 9 nitrogen and oxygen atoms in total. The minimum Gasteiger partial charge on any atom is -0.435 e. The van der Waals surface area contributed by atoms with Gasteiger partial charge in [0.2, 0.25) is 11.8 Å². The Hall–Kier alpha value is -2.94. The number of nitrogens with zero attached hydrogens (tertiary/aromatic N) is 2. The van der Waals surface area contributed by atoms with Gasteiger partial charge in [-0.15, -0.1) is 0 Å². The van der Waals surface area contributed by atoms with Crippen molar-refractivity contribution in [2.75, 3.05) is 44.6 Å². The Labute approximate surface area is 157 Å². The molecule has 1 aromatic rings. The van der Waals surface area contributed by atoms with E-state index >= 15 is 0 Å². The first-order valence-electron chi connectivity index (χ1n) is 8.70. The summed E-state index contributed by atoms with van der Waals surface area (Å²) in [5.41, 5.74) is 1.67. The second-order valence-corrected chi connectivity index (χ2v) is 6.74. The van der Waals surface area contributed by atoms with Gasteiger partial charge in [-0.05, 0) is 19.1 Å². The second-order valence-electron chi connectivity index (χ2n) is 6.74. The molecule has 1 fully saturated rings. The van der Waals surface area contributed by atoms with Gasteiger partial charge in [-0.25, -0.2) is 4.48 Å². The van der Waals surface area contributed by atoms with Gasteiger partial charge < -0.3 is 20.6 Å². The number of hydrogen-bond donors (Lipinski definition) is 3. The van der Waals surface area contributed by atoms with E-state index < -0.39 is 10.6 Å². The number of carbonyl (C=O) groups is 4. The van der Waals surface area contributed by atoms with Crippen LogP contribution in [0.4, 0.5) is 10.5 Å². The van der Waals surface area contributed by atoms with Crippen LogP contribution < -0.4 is 10.6 Å². The third-order valence-corrected chi connectivity index (χ3v) is 4.62. The van der Waals surface area contributed by atoms with E-state index in [0.29, 0.717) is 5.69 Å². The summed E-state index contributed by atoms with van der Waals surface area (Å²) in [4.78, 5) is 48.6. The van der Waals surface area contributed by atoms with Crippen molar-refractivity contribution in [2.24, 2.45) is 0 Å². The van der Waals surface area contributed by atoms with Gasteiger partial charge in [0.05, 0.1) is 19.6 Å². The van der Waals surface area contributed by atoms with Crippen LogP contribution in [0.25, 0.3) is 0 Å². The molecular formula is C18H25N4O5+. The Balaban J connectivity index is 1.95. The van der Waals surface area contributed by atoms with E-state index in [1.165, 1.54) is 11.8 Å². The standard InChI is InChI=1S/C18H24N4O5/c1-13-3-5-15(6-4-13)20-16(24)12-22(18(26)27)9-7-21(8-10-22)17(25)11-19-14(2)23/h3-6H,7-12H2,1-2H3,(H2-,19,20,23,24,26,27)/p+1. The predicted molar refractivity (Wildman–Crippen MR) is 98.0 cm³/mol. The molecule has 0 unspecified atom stereocenters. The summed E-state index contributed by atoms with van der Waals surface area (Å²) in [7, 11) is 0. The zero-order valence-corrected chi connectivity index (χ0v) is 15.5. The largest absolute Gasteiger partial charge is 0.514 e. The van der Waals surface area contributed by atoms with Crippen molar-refractivity contribution in [2.45, 2.75) is 13.8 Å². The van der Waals surface area contributed by atoms with E-state index in [4.69, 9.17) is 0 Å². The van der Waals surface area contributed by atoms with Crippen molar-refractivity contribution >= 4 is 29.5 Å². The second kappa shape index (κ2) is 8.63. The fourth-order valence-corrected chi connectivity index (χ4v) is 2.94. The highest BCUT2D eigenvalue weighted by atomic mass is 16.4. The molecule has 1 aliphatic rings. The molecule has 3 N–H and O–H groups in total. The monoisotopic (exact) mass is 377 g/mol. The highest BCUT2D eigenvalue weighted by Crippen LogP contribution is 2.16. The third-order valence-electron chi connectivity index (χ3n) is 4.62. The molecule has 0 saturated carbocycles. The summed E-state index contributed by atoms with van der Waals surface area (Å²) in [5.74, 6) is -0.958. The predicted octanol–water partition coefficient (Wildman–Crippen LogP) is 0.407. The van der Waals surface area contributed by atoms with Gasteiger partial charge in [0.1, 0.15) is 13.1 Å². The van der Waals surface area contributed by atoms with E-state index in [9.17, 15) is 24.3 Å². The molecule has 0 aromatic heterocycles. The fourth-order valence-electron chi connectivity index (χ4n) is 2.94. The Morgan fingerprint density at radius 2 is 1.70 bits per heavy atom. The lowest BCUT2D eigenvalue weighted by atomic mass is 10.2. The Morgan fingerprint density at radius 3 is 2.22 bits per heavy atom. The Bertz CT molecular complexity index is 724. The average molecular weight is 377 g/mol. The molecule has 0 aliphatic carbocycles. The lowest BCUT2D eigenvalue weighted by Gasteiger charge is -2.39. The minimum atomic E-state index is -1.09. The van der Waals surface area contributed by atoms with Crippen molar-refractivity contribution in [3.63, 3.8) is 0 Å². The zero-order chi connectivity index (χ0) is 20.0. The van der Waals surface area contributed by atoms with Crippen LogP contribution >= 0.6 is 0 Å². The van der Waals surface area contributed by atoms with Crippen molar-refractivity contribution in [1.29, 1.82) is 0 Å². The highest BCUT2D eigenvalue weighted by Gasteiger charge is 2.43. The lowest BCUT2D eigenvalue weighted by molar-refractivity contribution is -0.853. The minimum absolute atomic E-state index is 0.115. The van der Waals surface area contributed by atoms with E-state index in [2.05, 4.69) is 10.6 Å². The Morgan fingerprint density at radius 1 is 1.11 bits per heavy atom. The SMILES string of the molecule is CC(=O)NCC(=O)N1CC[N+](CC(=O)Nc2ccc(C)cc2)(C(=O)O)CC1. The van der Waals surface area contributed by atoms with Crippen LogP contribution in [0.1, 0.15) is 12.5 Å². The van der Waals surface area contributed by atoms with Crippen LogP contribution in [0, 0.1) is 6.92 Å². The van der Waals surface area contributed by atoms with Crippen molar-refractivity contribution in [3.8, 4) is 0 Å². The molecule has 4 amide bonds. The number of rotatable bonds is 5. The number of piperazine rings is 1. The van der Waals surface area contributed by atoms with Gasteiger partial charge >= 0.3 is 6.09 Å². The molecular weight excluding hydrogens is 352 g/mol. The van der Waals surface area contributed by atoms with Gasteiger partial charge in [-0.3, -0.25) is 14.4 Å². The molecule has 1 aliphatic heterocycles. The van der Waals surface area contributed by atoms with Gasteiger partial charge in [-0.1, -0.05) is 17.7 Å². The third kappa shape index (κ3) is 5.52. The number of aryl methyl sites for hydroxylation is 1. The van der Waals surface area contributed by atoms with E-state index in [1.54, 1.807) is 12.1 Å². The first-order chi connectivity index (χ1) is 12.7. The summed E-state index contributed by atoms with van der Waals surface area (Å²) >= 11 is 0. The molecule has 0 bridgehead atoms. The number of quaternary nitrogens is 1. The van der Waals surface area contributed by atoms with Crippen LogP contribution in [-0.2, 0) is 14.4 Å². The number of carboxylic acid groups (broad SMARTS) is 1. The van der Waals surface area contributed by atoms with Crippen LogP contribution in [0.2, 0.25) is 0 Å². The van der Waals surface area contributed by atoms with Gasteiger partial charge in [0, 0.05) is 12.6 Å². The molecule has 0 spiro atoms. The van der Waals surface area contributed by atoms with Crippen LogP contribution in [0.3, 0.4) is 0 Å². The lowest BCUT2D eigenvalue weighted by Crippen LogP contribution is -2.65. The molecule has 146 valence electrons. The van der Waals surface area contributed by atoms with E-state index in [1.807, 2.05) is 19.1 Å². The number of carbonyl (C=O) groups excluding carboxylic acids is 3. The van der Waals surface area contributed by atoms with Gasteiger partial charge in [0.25, 0.3) is 5.91 Å². The van der Waals surface area contributed by atoms with Gasteiger partial charge in [0.15, 0.2) is 6.54 Å². The molecule has 9 heteroatoms. The highest BCUT2D eigenvalue weighted by molar-refractivity contribution is 5.92. The van der Waals surface area contributed by atoms with Crippen molar-refractivity contribution in [1.82, 2.24) is 10.2 Å². The zero-order valence-electron chi connectivity index (χ0n) is 15.5. The molecule has 0 radical (unpaired) electrons. The summed E-state index contributed by atoms with van der Waals surface area (Å²) in [6, 6.07) is 7.24. The van der Waals surface area contributed by atoms with Crippen molar-refractivity contribution in [3.05, 3.63) is 29.8 Å². The maximum absolute atomic E-state index is 12.4. The molecule has 27 heavy (non-hydrogen) atoms. The van der Waals surface area contributed by atoms with Gasteiger partial charge in [-0.2, -0.15) is 4.79 Å². The summed E-state index contributed by atoms with van der Waals surface area (Å²) in [6.07, 6.45) is -1.09. The Kier molecular flexibility index (Phi) is 6.51. The summed E-state index contributed by atoms with van der Waals surface area (Å²) in [5, 5.41) is 14.8. The summed E-state index contributed by atoms with van der Waals surface area (Å²) in [6.45, 7) is 3.61. The molecule has 1 saturated heterocycles.